The molecule has 0 radical (unpaired) electrons. The van der Waals surface area contributed by atoms with Gasteiger partial charge in [0.05, 0.1) is 19.0 Å². The summed E-state index contributed by atoms with van der Waals surface area (Å²) >= 11 is 0. The first-order valence-electron chi connectivity index (χ1n) is 8.17. The van der Waals surface area contributed by atoms with Crippen molar-refractivity contribution >= 4 is 11.5 Å². The number of ether oxygens (including phenoxy) is 2. The molecule has 1 N–H and O–H groups in total. The van der Waals surface area contributed by atoms with Crippen LogP contribution < -0.4 is 10.1 Å². The molecule has 124 valence electrons. The smallest absolute Gasteiger partial charge is 0.154 e. The van der Waals surface area contributed by atoms with Gasteiger partial charge in [-0.3, -0.25) is 0 Å². The van der Waals surface area contributed by atoms with E-state index in [1.54, 1.807) is 7.11 Å². The van der Waals surface area contributed by atoms with E-state index in [9.17, 15) is 0 Å². The van der Waals surface area contributed by atoms with Crippen molar-refractivity contribution in [2.75, 3.05) is 25.6 Å². The molecule has 0 unspecified atom stereocenters. The van der Waals surface area contributed by atoms with Gasteiger partial charge in [0, 0.05) is 24.8 Å². The Morgan fingerprint density at radius 2 is 1.92 bits per heavy atom. The number of methoxy groups -OCH3 is 1. The molecule has 3 aromatic rings. The normalized spacial score (nSPS) is 15.5. The second kappa shape index (κ2) is 6.49. The molecule has 0 spiro atoms. The van der Waals surface area contributed by atoms with E-state index < -0.39 is 0 Å². The first kappa shape index (κ1) is 15.0. The van der Waals surface area contributed by atoms with Gasteiger partial charge in [0.1, 0.15) is 11.6 Å². The Morgan fingerprint density at radius 1 is 1.12 bits per heavy atom. The number of hydrogen-bond acceptors (Lipinski definition) is 5. The summed E-state index contributed by atoms with van der Waals surface area (Å²) in [7, 11) is 1.67. The van der Waals surface area contributed by atoms with E-state index >= 15 is 0 Å². The van der Waals surface area contributed by atoms with Crippen LogP contribution in [0, 0.1) is 0 Å². The number of fused-ring (bicyclic) bond motifs is 1. The number of nitrogens with one attached hydrogen (secondary N) is 1. The van der Waals surface area contributed by atoms with Gasteiger partial charge in [-0.2, -0.15) is 0 Å². The molecule has 0 aliphatic carbocycles. The molecule has 2 aromatic heterocycles. The molecular formula is C18H20N4O2. The first-order valence-corrected chi connectivity index (χ1v) is 8.17. The highest BCUT2D eigenvalue weighted by Gasteiger charge is 2.15. The number of hydrogen-bond donors (Lipinski definition) is 1. The maximum absolute atomic E-state index is 5.41. The van der Waals surface area contributed by atoms with Gasteiger partial charge < -0.3 is 14.8 Å². The molecule has 24 heavy (non-hydrogen) atoms. The van der Waals surface area contributed by atoms with Crippen molar-refractivity contribution < 1.29 is 9.47 Å². The molecule has 0 saturated carbocycles. The third kappa shape index (κ3) is 2.92. The molecule has 6 nitrogen and oxygen atoms in total. The molecule has 0 bridgehead atoms. The number of benzene rings is 1. The quantitative estimate of drug-likeness (QED) is 0.799. The van der Waals surface area contributed by atoms with Crippen LogP contribution in [0.15, 0.2) is 42.6 Å². The minimum absolute atomic E-state index is 0.414. The Morgan fingerprint density at radius 3 is 2.67 bits per heavy atom. The monoisotopic (exact) mass is 324 g/mol. The SMILES string of the molecule is COc1ccc(-c2cnc3ccc(NC4CCOCC4)nn23)cc1. The van der Waals surface area contributed by atoms with Crippen molar-refractivity contribution in [3.05, 3.63) is 42.6 Å². The van der Waals surface area contributed by atoms with Gasteiger partial charge in [-0.1, -0.05) is 0 Å². The maximum atomic E-state index is 5.41. The molecule has 0 amide bonds. The zero-order chi connectivity index (χ0) is 16.4. The maximum Gasteiger partial charge on any atom is 0.154 e. The lowest BCUT2D eigenvalue weighted by atomic mass is 10.1. The fourth-order valence-electron chi connectivity index (χ4n) is 2.96. The predicted molar refractivity (Wildman–Crippen MR) is 92.4 cm³/mol. The highest BCUT2D eigenvalue weighted by molar-refractivity contribution is 5.64. The number of imidazole rings is 1. The highest BCUT2D eigenvalue weighted by atomic mass is 16.5. The van der Waals surface area contributed by atoms with Gasteiger partial charge >= 0.3 is 0 Å². The summed E-state index contributed by atoms with van der Waals surface area (Å²) in [6, 6.07) is 12.3. The third-order valence-corrected chi connectivity index (χ3v) is 4.32. The Labute approximate surface area is 140 Å². The number of nitrogens with zero attached hydrogens (tertiary/aromatic N) is 3. The molecule has 1 aliphatic heterocycles. The van der Waals surface area contributed by atoms with E-state index in [0.717, 1.165) is 54.5 Å². The van der Waals surface area contributed by atoms with Crippen LogP contribution in [0.3, 0.4) is 0 Å². The zero-order valence-corrected chi connectivity index (χ0v) is 13.6. The molecule has 1 aliphatic rings. The Kier molecular flexibility index (Phi) is 4.04. The van der Waals surface area contributed by atoms with Gasteiger partial charge in [-0.25, -0.2) is 9.50 Å². The van der Waals surface area contributed by atoms with E-state index in [-0.39, 0.29) is 0 Å². The highest BCUT2D eigenvalue weighted by Crippen LogP contribution is 2.23. The molecule has 1 aromatic carbocycles. The van der Waals surface area contributed by atoms with Crippen molar-refractivity contribution in [3.63, 3.8) is 0 Å². The molecule has 3 heterocycles. The predicted octanol–water partition coefficient (Wildman–Crippen LogP) is 3.00. The van der Waals surface area contributed by atoms with E-state index in [2.05, 4.69) is 10.3 Å². The topological polar surface area (TPSA) is 60.7 Å². The van der Waals surface area contributed by atoms with Gasteiger partial charge in [0.25, 0.3) is 0 Å². The summed E-state index contributed by atoms with van der Waals surface area (Å²) in [5, 5.41) is 8.22. The Bertz CT molecular complexity index is 823. The van der Waals surface area contributed by atoms with E-state index in [1.807, 2.05) is 47.1 Å². The fraction of sp³-hybridized carbons (Fsp3) is 0.333. The second-order valence-electron chi connectivity index (χ2n) is 5.89. The average molecular weight is 324 g/mol. The fourth-order valence-corrected chi connectivity index (χ4v) is 2.96. The van der Waals surface area contributed by atoms with Gasteiger partial charge in [-0.05, 0) is 49.2 Å². The molecule has 1 fully saturated rings. The van der Waals surface area contributed by atoms with Crippen LogP contribution >= 0.6 is 0 Å². The summed E-state index contributed by atoms with van der Waals surface area (Å²) < 4.78 is 12.5. The van der Waals surface area contributed by atoms with Gasteiger partial charge in [0.2, 0.25) is 0 Å². The first-order chi connectivity index (χ1) is 11.8. The van der Waals surface area contributed by atoms with Crippen LogP contribution in [0.2, 0.25) is 0 Å². The van der Waals surface area contributed by atoms with Crippen LogP contribution in [0.25, 0.3) is 16.9 Å². The molecule has 1 saturated heterocycles. The van der Waals surface area contributed by atoms with Crippen molar-refractivity contribution in [2.45, 2.75) is 18.9 Å². The summed E-state index contributed by atoms with van der Waals surface area (Å²) in [6.45, 7) is 1.62. The summed E-state index contributed by atoms with van der Waals surface area (Å²) in [6.07, 6.45) is 3.87. The summed E-state index contributed by atoms with van der Waals surface area (Å²) in [5.41, 5.74) is 2.85. The van der Waals surface area contributed by atoms with Crippen molar-refractivity contribution in [1.82, 2.24) is 14.6 Å². The number of aromatic nitrogens is 3. The molecule has 6 heteroatoms. The van der Waals surface area contributed by atoms with Crippen molar-refractivity contribution in [2.24, 2.45) is 0 Å². The van der Waals surface area contributed by atoms with Crippen molar-refractivity contribution in [3.8, 4) is 17.0 Å². The van der Waals surface area contributed by atoms with Crippen LogP contribution in [0.1, 0.15) is 12.8 Å². The Balaban J connectivity index is 1.64. The lowest BCUT2D eigenvalue weighted by Crippen LogP contribution is -2.28. The standard InChI is InChI=1S/C18H20N4O2/c1-23-15-4-2-13(3-5-15)16-12-19-18-7-6-17(21-22(16)18)20-14-8-10-24-11-9-14/h2-7,12,14H,8-11H2,1H3,(H,20,21). The second-order valence-corrected chi connectivity index (χ2v) is 5.89. The number of anilines is 1. The van der Waals surface area contributed by atoms with Crippen LogP contribution in [-0.4, -0.2) is 41.0 Å². The average Bonchev–Trinajstić information content (AvgIpc) is 3.06. The molecule has 0 atom stereocenters. The minimum atomic E-state index is 0.414. The summed E-state index contributed by atoms with van der Waals surface area (Å²) in [4.78, 5) is 4.45. The Hall–Kier alpha value is -2.60. The van der Waals surface area contributed by atoms with Crippen molar-refractivity contribution in [1.29, 1.82) is 0 Å². The number of rotatable bonds is 4. The van der Waals surface area contributed by atoms with Crippen LogP contribution in [0.5, 0.6) is 5.75 Å². The van der Waals surface area contributed by atoms with E-state index in [0.29, 0.717) is 6.04 Å². The van der Waals surface area contributed by atoms with Gasteiger partial charge in [-0.15, -0.1) is 5.10 Å². The van der Waals surface area contributed by atoms with Gasteiger partial charge in [0.15, 0.2) is 5.65 Å². The minimum Gasteiger partial charge on any atom is -0.497 e. The third-order valence-electron chi connectivity index (χ3n) is 4.32. The van der Waals surface area contributed by atoms with Crippen LogP contribution in [-0.2, 0) is 4.74 Å². The summed E-state index contributed by atoms with van der Waals surface area (Å²) in [5.74, 6) is 1.70. The van der Waals surface area contributed by atoms with E-state index in [4.69, 9.17) is 14.6 Å². The zero-order valence-electron chi connectivity index (χ0n) is 13.6. The van der Waals surface area contributed by atoms with Crippen LogP contribution in [0.4, 0.5) is 5.82 Å². The largest absolute Gasteiger partial charge is 0.497 e. The lowest BCUT2D eigenvalue weighted by molar-refractivity contribution is 0.0903. The molecule has 4 rings (SSSR count). The van der Waals surface area contributed by atoms with E-state index in [1.165, 1.54) is 0 Å². The lowest BCUT2D eigenvalue weighted by Gasteiger charge is -2.23. The molecular weight excluding hydrogens is 304 g/mol.